The topological polar surface area (TPSA) is 38.0 Å². The van der Waals surface area contributed by atoms with Crippen LogP contribution in [0.3, 0.4) is 0 Å². The van der Waals surface area contributed by atoms with E-state index in [0.717, 1.165) is 11.1 Å². The summed E-state index contributed by atoms with van der Waals surface area (Å²) in [4.78, 5) is 0. The van der Waals surface area contributed by atoms with Crippen LogP contribution in [0.5, 0.6) is 0 Å². The van der Waals surface area contributed by atoms with Crippen molar-refractivity contribution in [2.75, 3.05) is 0 Å². The first-order valence-electron chi connectivity index (χ1n) is 19.5. The molecule has 1 aromatic heterocycles. The Kier molecular flexibility index (Phi) is 8.53. The monoisotopic (exact) mass is 738 g/mol. The molecule has 0 radical (unpaired) electrons. The lowest BCUT2D eigenvalue weighted by atomic mass is 9.81. The molecule has 1 aliphatic carbocycles. The van der Waals surface area contributed by atoms with Gasteiger partial charge in [-0.2, -0.15) is 0 Å². The number of benzene rings is 8. The zero-order valence-corrected chi connectivity index (χ0v) is 32.4. The lowest BCUT2D eigenvalue weighted by Gasteiger charge is -2.24. The lowest BCUT2D eigenvalue weighted by Crippen LogP contribution is -2.31. The molecular weight excluding hydrogens is 697 g/mol. The van der Waals surface area contributed by atoms with Gasteiger partial charge in [-0.1, -0.05) is 172 Å². The van der Waals surface area contributed by atoms with Gasteiger partial charge in [-0.05, 0) is 102 Å². The SMILES string of the molecule is CC1(C)c2cc3ccccc3cc2-c2c(-c3cccc(/C=C/C(NC(N)c4ccccc4)c4ccccc4-c4ccc5c(c4)sc4ccccc45)c3)cccc21. The minimum Gasteiger partial charge on any atom is -0.312 e. The van der Waals surface area contributed by atoms with E-state index in [9.17, 15) is 0 Å². The molecule has 56 heavy (non-hydrogen) atoms. The summed E-state index contributed by atoms with van der Waals surface area (Å²) in [5.74, 6) is 0. The molecule has 10 rings (SSSR count). The summed E-state index contributed by atoms with van der Waals surface area (Å²) in [6.45, 7) is 4.72. The molecule has 0 bridgehead atoms. The van der Waals surface area contributed by atoms with E-state index in [1.54, 1.807) is 0 Å². The van der Waals surface area contributed by atoms with Crippen LogP contribution >= 0.6 is 11.3 Å². The molecule has 0 spiro atoms. The van der Waals surface area contributed by atoms with Crippen LogP contribution in [-0.4, -0.2) is 0 Å². The van der Waals surface area contributed by atoms with Crippen molar-refractivity contribution in [1.29, 1.82) is 0 Å². The molecule has 9 aromatic rings. The molecule has 3 heteroatoms. The van der Waals surface area contributed by atoms with E-state index in [1.165, 1.54) is 81.0 Å². The summed E-state index contributed by atoms with van der Waals surface area (Å²) >= 11 is 1.85. The Bertz CT molecular complexity index is 2950. The number of fused-ring (bicyclic) bond motifs is 7. The van der Waals surface area contributed by atoms with E-state index in [-0.39, 0.29) is 17.6 Å². The first kappa shape index (κ1) is 34.4. The second-order valence-corrected chi connectivity index (χ2v) is 16.6. The summed E-state index contributed by atoms with van der Waals surface area (Å²) in [6.07, 6.45) is 4.17. The van der Waals surface area contributed by atoms with Gasteiger partial charge in [0.1, 0.15) is 0 Å². The van der Waals surface area contributed by atoms with Crippen molar-refractivity contribution < 1.29 is 0 Å². The van der Waals surface area contributed by atoms with Crippen molar-refractivity contribution >= 4 is 48.4 Å². The van der Waals surface area contributed by atoms with Crippen molar-refractivity contribution in [3.05, 3.63) is 210 Å². The lowest BCUT2D eigenvalue weighted by molar-refractivity contribution is 0.510. The third kappa shape index (κ3) is 5.97. The average molecular weight is 739 g/mol. The van der Waals surface area contributed by atoms with Crippen LogP contribution in [0.4, 0.5) is 0 Å². The van der Waals surface area contributed by atoms with E-state index < -0.39 is 0 Å². The Balaban J connectivity index is 1.05. The van der Waals surface area contributed by atoms with Crippen LogP contribution in [0.2, 0.25) is 0 Å². The molecule has 2 unspecified atom stereocenters. The Morgan fingerprint density at radius 1 is 0.554 bits per heavy atom. The van der Waals surface area contributed by atoms with Gasteiger partial charge in [-0.15, -0.1) is 11.3 Å². The van der Waals surface area contributed by atoms with Crippen molar-refractivity contribution in [3.8, 4) is 33.4 Å². The fourth-order valence-electron chi connectivity index (χ4n) is 8.85. The van der Waals surface area contributed by atoms with Crippen LogP contribution in [0.25, 0.3) is 70.4 Å². The Hall–Kier alpha value is -6.10. The standard InChI is InChI=1S/C53H42N2S/c1-53(2)46-24-13-23-41(51(46)45-31-36-17-6-7-18-37(36)32-47(45)53)38-19-12-14-34(30-38)26-29-48(55-52(54)35-15-4-3-5-16-35)42-21-9-8-20-40(42)39-27-28-44-43-22-10-11-25-49(43)56-50(44)33-39/h3-33,48,52,55H,54H2,1-2H3/b29-26+. The van der Waals surface area contributed by atoms with Crippen molar-refractivity contribution in [3.63, 3.8) is 0 Å². The third-order valence-corrected chi connectivity index (χ3v) is 12.9. The third-order valence-electron chi connectivity index (χ3n) is 11.7. The second kappa shape index (κ2) is 13.9. The number of nitrogens with two attached hydrogens (primary N) is 1. The van der Waals surface area contributed by atoms with Gasteiger partial charge in [0.05, 0.1) is 12.2 Å². The van der Waals surface area contributed by atoms with E-state index >= 15 is 0 Å². The molecule has 1 aliphatic rings. The van der Waals surface area contributed by atoms with Crippen LogP contribution in [0, 0.1) is 0 Å². The smallest absolute Gasteiger partial charge is 0.0817 e. The summed E-state index contributed by atoms with van der Waals surface area (Å²) in [7, 11) is 0. The number of nitrogens with one attached hydrogen (secondary N) is 1. The second-order valence-electron chi connectivity index (χ2n) is 15.5. The zero-order valence-electron chi connectivity index (χ0n) is 31.5. The number of hydrogen-bond donors (Lipinski definition) is 2. The molecule has 3 N–H and O–H groups in total. The van der Waals surface area contributed by atoms with Crippen molar-refractivity contribution in [2.45, 2.75) is 31.5 Å². The molecule has 2 atom stereocenters. The maximum atomic E-state index is 6.91. The Morgan fingerprint density at radius 2 is 1.25 bits per heavy atom. The number of hydrogen-bond acceptors (Lipinski definition) is 3. The van der Waals surface area contributed by atoms with E-state index in [4.69, 9.17) is 5.73 Å². The predicted molar refractivity (Wildman–Crippen MR) is 240 cm³/mol. The summed E-state index contributed by atoms with van der Waals surface area (Å²) < 4.78 is 2.61. The largest absolute Gasteiger partial charge is 0.312 e. The minimum atomic E-state index is -0.360. The average Bonchev–Trinajstić information content (AvgIpc) is 3.73. The van der Waals surface area contributed by atoms with Gasteiger partial charge < -0.3 is 5.73 Å². The van der Waals surface area contributed by atoms with Crippen molar-refractivity contribution in [1.82, 2.24) is 5.32 Å². The molecule has 2 nitrogen and oxygen atoms in total. The van der Waals surface area contributed by atoms with Gasteiger partial charge >= 0.3 is 0 Å². The van der Waals surface area contributed by atoms with Gasteiger partial charge in [0.15, 0.2) is 0 Å². The van der Waals surface area contributed by atoms with Gasteiger partial charge in [0.2, 0.25) is 0 Å². The molecule has 0 saturated carbocycles. The highest BCUT2D eigenvalue weighted by Crippen LogP contribution is 2.53. The highest BCUT2D eigenvalue weighted by atomic mass is 32.1. The van der Waals surface area contributed by atoms with Crippen molar-refractivity contribution in [2.24, 2.45) is 5.73 Å². The first-order chi connectivity index (χ1) is 27.4. The summed E-state index contributed by atoms with van der Waals surface area (Å²) in [5, 5.41) is 8.98. The van der Waals surface area contributed by atoms with Crippen LogP contribution in [0.1, 0.15) is 53.9 Å². The summed E-state index contributed by atoms with van der Waals surface area (Å²) in [5.41, 5.74) is 20.5. The maximum Gasteiger partial charge on any atom is 0.0817 e. The van der Waals surface area contributed by atoms with Gasteiger partial charge in [0.25, 0.3) is 0 Å². The quantitative estimate of drug-likeness (QED) is 0.152. The van der Waals surface area contributed by atoms with Crippen LogP contribution in [0.15, 0.2) is 182 Å². The van der Waals surface area contributed by atoms with Crippen LogP contribution in [-0.2, 0) is 5.41 Å². The summed E-state index contributed by atoms with van der Waals surface area (Å²) in [6, 6.07) is 63.7. The number of thiophene rings is 1. The fraction of sp³-hybridized carbons (Fsp3) is 0.0943. The molecule has 0 fully saturated rings. The van der Waals surface area contributed by atoms with Crippen LogP contribution < -0.4 is 11.1 Å². The molecule has 0 saturated heterocycles. The first-order valence-corrected chi connectivity index (χ1v) is 20.3. The minimum absolute atomic E-state index is 0.0898. The fourth-order valence-corrected chi connectivity index (χ4v) is 10.00. The normalized spacial score (nSPS) is 14.3. The number of rotatable bonds is 8. The van der Waals surface area contributed by atoms with Gasteiger partial charge in [-0.3, -0.25) is 5.32 Å². The molecular formula is C53H42N2S. The molecule has 8 aromatic carbocycles. The van der Waals surface area contributed by atoms with E-state index in [0.29, 0.717) is 0 Å². The predicted octanol–water partition coefficient (Wildman–Crippen LogP) is 13.8. The highest BCUT2D eigenvalue weighted by molar-refractivity contribution is 7.25. The molecule has 1 heterocycles. The van der Waals surface area contributed by atoms with Gasteiger partial charge in [0, 0.05) is 25.6 Å². The maximum absolute atomic E-state index is 6.91. The molecule has 0 aliphatic heterocycles. The highest BCUT2D eigenvalue weighted by Gasteiger charge is 2.37. The van der Waals surface area contributed by atoms with Gasteiger partial charge in [-0.25, -0.2) is 0 Å². The van der Waals surface area contributed by atoms with E-state index in [2.05, 4.69) is 189 Å². The Labute approximate surface area is 332 Å². The molecule has 270 valence electrons. The zero-order chi connectivity index (χ0) is 37.8. The van der Waals surface area contributed by atoms with E-state index in [1.807, 2.05) is 29.5 Å². The molecule has 0 amide bonds. The Morgan fingerprint density at radius 3 is 2.12 bits per heavy atom.